The van der Waals surface area contributed by atoms with Crippen LogP contribution in [0.4, 0.5) is 0 Å². The molecule has 0 unspecified atom stereocenters. The number of benzene rings is 1. The number of esters is 1. The summed E-state index contributed by atoms with van der Waals surface area (Å²) < 4.78 is 33.6. The number of nitrogens with one attached hydrogen (secondary N) is 1. The number of hydrogen-bond donors (Lipinski definition) is 2. The zero-order valence-electron chi connectivity index (χ0n) is 24.7. The van der Waals surface area contributed by atoms with Crippen LogP contribution in [0.1, 0.15) is 95.6 Å². The van der Waals surface area contributed by atoms with E-state index in [1.165, 1.54) is 4.31 Å². The van der Waals surface area contributed by atoms with E-state index >= 15 is 0 Å². The minimum absolute atomic E-state index is 0.0113. The van der Waals surface area contributed by atoms with Crippen LogP contribution in [0.2, 0.25) is 0 Å². The van der Waals surface area contributed by atoms with Gasteiger partial charge in [-0.3, -0.25) is 19.2 Å². The van der Waals surface area contributed by atoms with Crippen LogP contribution in [0.25, 0.3) is 0 Å². The first-order valence-electron chi connectivity index (χ1n) is 15.3. The molecule has 11 heteroatoms. The molecule has 4 atom stereocenters. The Labute approximate surface area is 248 Å². The van der Waals surface area contributed by atoms with Gasteiger partial charge in [0.2, 0.25) is 10.0 Å². The number of sulfonamides is 1. The molecule has 4 fully saturated rings. The molecule has 42 heavy (non-hydrogen) atoms. The quantitative estimate of drug-likeness (QED) is 0.264. The summed E-state index contributed by atoms with van der Waals surface area (Å²) in [6.07, 6.45) is 7.72. The van der Waals surface area contributed by atoms with Crippen molar-refractivity contribution < 1.29 is 37.5 Å². The Morgan fingerprint density at radius 1 is 1.02 bits per heavy atom. The van der Waals surface area contributed by atoms with E-state index in [4.69, 9.17) is 14.7 Å². The summed E-state index contributed by atoms with van der Waals surface area (Å²) in [7, 11) is -3.72. The largest absolute Gasteiger partial charge is 0.481 e. The monoisotopic (exact) mass is 604 g/mol. The van der Waals surface area contributed by atoms with Gasteiger partial charge in [0.05, 0.1) is 18.4 Å². The molecule has 4 aliphatic rings. The SMILES string of the molecule is CC1(C)[C@H]2CC[C@@]13CS(=O)(=O)N(C(=O)[C@H](NOCc1ccc(COC(=O)CCCC(=O)O)cc1)C1CCCCC1)[C@H]3C2. The minimum Gasteiger partial charge on any atom is -0.481 e. The number of hydroxylamine groups is 1. The molecule has 3 saturated carbocycles. The Morgan fingerprint density at radius 2 is 1.69 bits per heavy atom. The Morgan fingerprint density at radius 3 is 2.33 bits per heavy atom. The molecule has 0 radical (unpaired) electrons. The first-order valence-corrected chi connectivity index (χ1v) is 16.9. The molecule has 1 amide bonds. The molecular formula is C31H44N2O8S. The summed E-state index contributed by atoms with van der Waals surface area (Å²) in [5.74, 6) is -1.24. The van der Waals surface area contributed by atoms with Crippen LogP contribution in [0.15, 0.2) is 24.3 Å². The van der Waals surface area contributed by atoms with Crippen molar-refractivity contribution in [2.75, 3.05) is 5.75 Å². The van der Waals surface area contributed by atoms with Crippen molar-refractivity contribution in [3.63, 3.8) is 0 Å². The zero-order valence-corrected chi connectivity index (χ0v) is 25.5. The second-order valence-corrected chi connectivity index (χ2v) is 15.1. The molecule has 232 valence electrons. The van der Waals surface area contributed by atoms with Gasteiger partial charge in [-0.05, 0) is 66.9 Å². The molecule has 2 bridgehead atoms. The van der Waals surface area contributed by atoms with Crippen molar-refractivity contribution in [1.82, 2.24) is 9.79 Å². The van der Waals surface area contributed by atoms with Gasteiger partial charge in [-0.1, -0.05) is 57.4 Å². The highest BCUT2D eigenvalue weighted by atomic mass is 32.2. The topological polar surface area (TPSA) is 139 Å². The van der Waals surface area contributed by atoms with Gasteiger partial charge < -0.3 is 9.84 Å². The van der Waals surface area contributed by atoms with Crippen molar-refractivity contribution in [1.29, 1.82) is 0 Å². The van der Waals surface area contributed by atoms with Gasteiger partial charge in [-0.25, -0.2) is 12.7 Å². The van der Waals surface area contributed by atoms with Crippen LogP contribution < -0.4 is 5.48 Å². The van der Waals surface area contributed by atoms with E-state index in [-0.39, 0.29) is 66.9 Å². The molecule has 10 nitrogen and oxygen atoms in total. The zero-order chi connectivity index (χ0) is 30.1. The molecule has 3 aliphatic carbocycles. The van der Waals surface area contributed by atoms with Gasteiger partial charge in [0.25, 0.3) is 5.91 Å². The third kappa shape index (κ3) is 5.97. The van der Waals surface area contributed by atoms with Gasteiger partial charge >= 0.3 is 11.9 Å². The molecule has 1 aromatic rings. The molecule has 1 heterocycles. The Bertz CT molecular complexity index is 1270. The lowest BCUT2D eigenvalue weighted by Gasteiger charge is -2.38. The number of carbonyl (C=O) groups excluding carboxylic acids is 2. The van der Waals surface area contributed by atoms with Crippen molar-refractivity contribution >= 4 is 27.9 Å². The van der Waals surface area contributed by atoms with E-state index < -0.39 is 28.0 Å². The fourth-order valence-corrected chi connectivity index (χ4v) is 10.7. The number of fused-ring (bicyclic) bond motifs is 1. The lowest BCUT2D eigenvalue weighted by atomic mass is 9.69. The maximum absolute atomic E-state index is 14.1. The van der Waals surface area contributed by atoms with Crippen LogP contribution in [0, 0.1) is 22.7 Å². The van der Waals surface area contributed by atoms with Crippen LogP contribution in [0.5, 0.6) is 0 Å². The summed E-state index contributed by atoms with van der Waals surface area (Å²) in [4.78, 5) is 42.4. The number of ether oxygens (including phenoxy) is 1. The maximum Gasteiger partial charge on any atom is 0.306 e. The highest BCUT2D eigenvalue weighted by Crippen LogP contribution is 2.70. The smallest absolute Gasteiger partial charge is 0.306 e. The molecule has 1 spiro atoms. The average Bonchev–Trinajstić information content (AvgIpc) is 3.43. The number of carboxylic acids is 1. The lowest BCUT2D eigenvalue weighted by Crippen LogP contribution is -2.54. The third-order valence-corrected chi connectivity index (χ3v) is 12.6. The van der Waals surface area contributed by atoms with E-state index in [9.17, 15) is 22.8 Å². The summed E-state index contributed by atoms with van der Waals surface area (Å²) >= 11 is 0. The molecule has 1 saturated heterocycles. The summed E-state index contributed by atoms with van der Waals surface area (Å²) in [6.45, 7) is 4.65. The van der Waals surface area contributed by atoms with Gasteiger partial charge in [0.15, 0.2) is 0 Å². The normalized spacial score (nSPS) is 28.4. The average molecular weight is 605 g/mol. The number of carboxylic acid groups (broad SMARTS) is 1. The Kier molecular flexibility index (Phi) is 9.02. The van der Waals surface area contributed by atoms with Crippen molar-refractivity contribution in [3.8, 4) is 0 Å². The second-order valence-electron chi connectivity index (χ2n) is 13.3. The van der Waals surface area contributed by atoms with E-state index in [1.807, 2.05) is 24.3 Å². The number of carbonyl (C=O) groups is 3. The number of nitrogens with zero attached hydrogens (tertiary/aromatic N) is 1. The predicted molar refractivity (Wildman–Crippen MR) is 154 cm³/mol. The van der Waals surface area contributed by atoms with E-state index in [0.717, 1.165) is 62.5 Å². The lowest BCUT2D eigenvalue weighted by molar-refractivity contribution is -0.145. The number of rotatable bonds is 12. The molecule has 5 rings (SSSR count). The van der Waals surface area contributed by atoms with Gasteiger partial charge in [-0.15, -0.1) is 0 Å². The highest BCUT2D eigenvalue weighted by Gasteiger charge is 2.72. The Hall–Kier alpha value is -2.50. The van der Waals surface area contributed by atoms with Crippen molar-refractivity contribution in [2.45, 2.75) is 110 Å². The highest BCUT2D eigenvalue weighted by molar-refractivity contribution is 7.90. The summed E-state index contributed by atoms with van der Waals surface area (Å²) in [6, 6.07) is 6.34. The molecule has 0 aromatic heterocycles. The van der Waals surface area contributed by atoms with Gasteiger partial charge in [0.1, 0.15) is 12.6 Å². The van der Waals surface area contributed by atoms with Gasteiger partial charge in [0, 0.05) is 18.3 Å². The van der Waals surface area contributed by atoms with Crippen molar-refractivity contribution in [2.24, 2.45) is 22.7 Å². The van der Waals surface area contributed by atoms with Gasteiger partial charge in [-0.2, -0.15) is 5.48 Å². The first-order chi connectivity index (χ1) is 19.9. The summed E-state index contributed by atoms with van der Waals surface area (Å²) in [5.41, 5.74) is 4.18. The molecule has 2 N–H and O–H groups in total. The van der Waals surface area contributed by atoms with Crippen LogP contribution in [-0.2, 0) is 47.2 Å². The molecular weight excluding hydrogens is 560 g/mol. The number of amides is 1. The van der Waals surface area contributed by atoms with E-state index in [1.54, 1.807) is 0 Å². The fraction of sp³-hybridized carbons (Fsp3) is 0.710. The summed E-state index contributed by atoms with van der Waals surface area (Å²) in [5, 5.41) is 8.68. The van der Waals surface area contributed by atoms with E-state index in [0.29, 0.717) is 5.92 Å². The standard InChI is InChI=1S/C31H44N2O8S/c1-30(2)24-15-16-31(30)20-42(38,39)33(25(31)17-24)29(37)28(23-7-4-3-5-8-23)32-41-19-22-13-11-21(12-14-22)18-40-27(36)10-6-9-26(34)35/h11-14,23-25,28,32H,3-10,15-20H2,1-2H3,(H,34,35)/t24-,25-,28+,31-/m0/s1. The van der Waals surface area contributed by atoms with E-state index in [2.05, 4.69) is 19.3 Å². The number of aliphatic carboxylic acids is 1. The second kappa shape index (κ2) is 12.2. The molecule has 1 aliphatic heterocycles. The van der Waals surface area contributed by atoms with Crippen molar-refractivity contribution in [3.05, 3.63) is 35.4 Å². The first kappa shape index (κ1) is 30.9. The fourth-order valence-electron chi connectivity index (χ4n) is 8.10. The third-order valence-electron chi connectivity index (χ3n) is 10.7. The van der Waals surface area contributed by atoms with Crippen LogP contribution >= 0.6 is 0 Å². The predicted octanol–water partition coefficient (Wildman–Crippen LogP) is 4.32. The Balaban J connectivity index is 1.20. The van der Waals surface area contributed by atoms with Crippen LogP contribution in [0.3, 0.4) is 0 Å². The minimum atomic E-state index is -3.72. The molecule has 1 aromatic carbocycles. The van der Waals surface area contributed by atoms with Crippen LogP contribution in [-0.4, -0.2) is 53.5 Å². The number of hydrogen-bond acceptors (Lipinski definition) is 8. The maximum atomic E-state index is 14.1.